The molecule has 1 aromatic carbocycles. The Kier molecular flexibility index (Phi) is 2.58. The topological polar surface area (TPSA) is 84.9 Å². The number of nitrogens with one attached hydrogen (secondary N) is 2. The van der Waals surface area contributed by atoms with Gasteiger partial charge in [-0.3, -0.25) is 9.78 Å². The fourth-order valence-corrected chi connectivity index (χ4v) is 2.49. The van der Waals surface area contributed by atoms with Crippen LogP contribution >= 0.6 is 12.2 Å². The third-order valence-corrected chi connectivity index (χ3v) is 3.45. The highest BCUT2D eigenvalue weighted by atomic mass is 32.1. The molecule has 0 saturated carbocycles. The summed E-state index contributed by atoms with van der Waals surface area (Å²) in [6.07, 6.45) is 1.50. The van der Waals surface area contributed by atoms with Crippen LogP contribution in [0, 0.1) is 4.77 Å². The molecule has 2 N–H and O–H groups in total. The van der Waals surface area contributed by atoms with E-state index in [9.17, 15) is 4.79 Å². The smallest absolute Gasteiger partial charge is 0.262 e. The molecular weight excluding hydrogens is 292 g/mol. The largest absolute Gasteiger partial charge is 0.486 e. The second-order valence-electron chi connectivity index (χ2n) is 4.55. The van der Waals surface area contributed by atoms with Crippen LogP contribution in [0.2, 0.25) is 0 Å². The van der Waals surface area contributed by atoms with Crippen LogP contribution in [0.3, 0.4) is 0 Å². The number of hydrogen-bond donors (Lipinski definition) is 2. The molecule has 106 valence electrons. The number of benzene rings is 1. The van der Waals surface area contributed by atoms with Crippen LogP contribution in [0.25, 0.3) is 16.7 Å². The van der Waals surface area contributed by atoms with Gasteiger partial charge in [-0.25, -0.2) is 4.68 Å². The number of hydrogen-bond acceptors (Lipinski definition) is 5. The molecule has 21 heavy (non-hydrogen) atoms. The SMILES string of the molecule is O=c1[nH]c(=S)[nH]c2c1cnn2-c1ccc2c(c1)OCCO2. The van der Waals surface area contributed by atoms with Crippen molar-refractivity contribution in [2.75, 3.05) is 13.2 Å². The van der Waals surface area contributed by atoms with E-state index < -0.39 is 0 Å². The minimum atomic E-state index is -0.266. The predicted octanol–water partition coefficient (Wildman–Crippen LogP) is 1.54. The predicted molar refractivity (Wildman–Crippen MR) is 77.9 cm³/mol. The average Bonchev–Trinajstić information content (AvgIpc) is 2.91. The molecule has 0 unspecified atom stereocenters. The summed E-state index contributed by atoms with van der Waals surface area (Å²) in [6, 6.07) is 5.48. The minimum Gasteiger partial charge on any atom is -0.486 e. The molecule has 0 fully saturated rings. The Balaban J connectivity index is 1.94. The van der Waals surface area contributed by atoms with E-state index in [0.717, 1.165) is 5.69 Å². The van der Waals surface area contributed by atoms with Crippen LogP contribution in [0.1, 0.15) is 0 Å². The average molecular weight is 302 g/mol. The maximum absolute atomic E-state index is 11.8. The Hall–Kier alpha value is -2.61. The van der Waals surface area contributed by atoms with Gasteiger partial charge in [-0.1, -0.05) is 0 Å². The molecule has 0 saturated heterocycles. The van der Waals surface area contributed by atoms with Crippen LogP contribution < -0.4 is 15.0 Å². The van der Waals surface area contributed by atoms with Crippen LogP contribution in [-0.4, -0.2) is 33.0 Å². The summed E-state index contributed by atoms with van der Waals surface area (Å²) in [7, 11) is 0. The summed E-state index contributed by atoms with van der Waals surface area (Å²) >= 11 is 5.00. The van der Waals surface area contributed by atoms with Crippen molar-refractivity contribution in [2.45, 2.75) is 0 Å². The van der Waals surface area contributed by atoms with Crippen molar-refractivity contribution in [1.82, 2.24) is 19.7 Å². The van der Waals surface area contributed by atoms with E-state index in [1.54, 1.807) is 4.68 Å². The van der Waals surface area contributed by atoms with Gasteiger partial charge in [-0.05, 0) is 24.4 Å². The van der Waals surface area contributed by atoms with Crippen molar-refractivity contribution < 1.29 is 9.47 Å². The Morgan fingerprint density at radius 3 is 2.86 bits per heavy atom. The van der Waals surface area contributed by atoms with E-state index in [4.69, 9.17) is 21.7 Å². The maximum Gasteiger partial charge on any atom is 0.262 e. The van der Waals surface area contributed by atoms with Gasteiger partial charge in [0.15, 0.2) is 16.3 Å². The zero-order valence-electron chi connectivity index (χ0n) is 10.8. The standard InChI is InChI=1S/C13H10N4O3S/c18-12-8-6-14-17(11(8)15-13(21)16-12)7-1-2-9-10(5-7)20-4-3-19-9/h1-2,5-6H,3-4H2,(H2,15,16,18,21). The number of aromatic amines is 2. The van der Waals surface area contributed by atoms with E-state index in [1.165, 1.54) is 6.20 Å². The van der Waals surface area contributed by atoms with E-state index in [1.807, 2.05) is 18.2 Å². The Bertz CT molecular complexity index is 956. The minimum absolute atomic E-state index is 0.256. The number of aromatic nitrogens is 4. The molecule has 0 atom stereocenters. The Morgan fingerprint density at radius 1 is 1.19 bits per heavy atom. The van der Waals surface area contributed by atoms with Crippen molar-refractivity contribution >= 4 is 23.3 Å². The zero-order chi connectivity index (χ0) is 14.4. The van der Waals surface area contributed by atoms with Crippen LogP contribution in [0.4, 0.5) is 0 Å². The Labute approximate surface area is 123 Å². The van der Waals surface area contributed by atoms with Gasteiger partial charge in [0.2, 0.25) is 0 Å². The summed E-state index contributed by atoms with van der Waals surface area (Å²) in [6.45, 7) is 1.05. The highest BCUT2D eigenvalue weighted by Crippen LogP contribution is 2.32. The van der Waals surface area contributed by atoms with Crippen molar-refractivity contribution in [3.63, 3.8) is 0 Å². The molecule has 1 aliphatic heterocycles. The molecule has 3 heterocycles. The van der Waals surface area contributed by atoms with Gasteiger partial charge in [0.25, 0.3) is 5.56 Å². The fourth-order valence-electron chi connectivity index (χ4n) is 2.30. The van der Waals surface area contributed by atoms with Crippen LogP contribution in [0.5, 0.6) is 11.5 Å². The molecule has 0 aliphatic carbocycles. The summed E-state index contributed by atoms with van der Waals surface area (Å²) in [5, 5.41) is 4.68. The first-order valence-corrected chi connectivity index (χ1v) is 6.73. The highest BCUT2D eigenvalue weighted by molar-refractivity contribution is 7.71. The molecule has 0 spiro atoms. The molecule has 0 radical (unpaired) electrons. The van der Waals surface area contributed by atoms with Gasteiger partial charge >= 0.3 is 0 Å². The summed E-state index contributed by atoms with van der Waals surface area (Å²) < 4.78 is 12.9. The summed E-state index contributed by atoms with van der Waals surface area (Å²) in [4.78, 5) is 17.3. The van der Waals surface area contributed by atoms with Gasteiger partial charge in [0, 0.05) is 6.07 Å². The van der Waals surface area contributed by atoms with Gasteiger partial charge in [0.05, 0.1) is 11.9 Å². The molecule has 0 bridgehead atoms. The molecule has 3 aromatic rings. The molecule has 4 rings (SSSR count). The highest BCUT2D eigenvalue weighted by Gasteiger charge is 2.14. The molecule has 2 aromatic heterocycles. The number of ether oxygens (including phenoxy) is 2. The van der Waals surface area contributed by atoms with E-state index in [-0.39, 0.29) is 10.3 Å². The van der Waals surface area contributed by atoms with Crippen molar-refractivity contribution in [1.29, 1.82) is 0 Å². The van der Waals surface area contributed by atoms with E-state index in [0.29, 0.717) is 35.7 Å². The second-order valence-corrected chi connectivity index (χ2v) is 4.96. The molecule has 0 amide bonds. The lowest BCUT2D eigenvalue weighted by Crippen LogP contribution is -2.15. The van der Waals surface area contributed by atoms with Crippen molar-refractivity contribution in [2.24, 2.45) is 0 Å². The summed E-state index contributed by atoms with van der Waals surface area (Å²) in [5.74, 6) is 1.36. The maximum atomic E-state index is 11.8. The van der Waals surface area contributed by atoms with Gasteiger partial charge in [-0.15, -0.1) is 0 Å². The van der Waals surface area contributed by atoms with Crippen LogP contribution in [-0.2, 0) is 0 Å². The zero-order valence-corrected chi connectivity index (χ0v) is 11.6. The lowest BCUT2D eigenvalue weighted by Gasteiger charge is -2.18. The number of rotatable bonds is 1. The Morgan fingerprint density at radius 2 is 2.00 bits per heavy atom. The van der Waals surface area contributed by atoms with Crippen LogP contribution in [0.15, 0.2) is 29.2 Å². The third-order valence-electron chi connectivity index (χ3n) is 3.24. The second kappa shape index (κ2) is 4.45. The lowest BCUT2D eigenvalue weighted by molar-refractivity contribution is 0.171. The lowest BCUT2D eigenvalue weighted by atomic mass is 10.2. The third kappa shape index (κ3) is 1.91. The van der Waals surface area contributed by atoms with Gasteiger partial charge in [-0.2, -0.15) is 5.10 Å². The van der Waals surface area contributed by atoms with Gasteiger partial charge < -0.3 is 14.5 Å². The fraction of sp³-hybridized carbons (Fsp3) is 0.154. The quantitative estimate of drug-likeness (QED) is 0.666. The summed E-state index contributed by atoms with van der Waals surface area (Å²) in [5.41, 5.74) is 1.03. The van der Waals surface area contributed by atoms with Crippen molar-refractivity contribution in [3.8, 4) is 17.2 Å². The van der Waals surface area contributed by atoms with E-state index >= 15 is 0 Å². The first kappa shape index (κ1) is 12.2. The normalized spacial score (nSPS) is 13.5. The number of H-pyrrole nitrogens is 2. The molecule has 7 nitrogen and oxygen atoms in total. The monoisotopic (exact) mass is 302 g/mol. The molecule has 1 aliphatic rings. The number of nitrogens with zero attached hydrogens (tertiary/aromatic N) is 2. The first-order chi connectivity index (χ1) is 10.2. The van der Waals surface area contributed by atoms with E-state index in [2.05, 4.69) is 15.1 Å². The van der Waals surface area contributed by atoms with Crippen molar-refractivity contribution in [3.05, 3.63) is 39.5 Å². The number of fused-ring (bicyclic) bond motifs is 2. The molecule has 8 heteroatoms. The molecular formula is C13H10N4O3S. The first-order valence-electron chi connectivity index (χ1n) is 6.33. The van der Waals surface area contributed by atoms with Gasteiger partial charge in [0.1, 0.15) is 24.2 Å².